The Morgan fingerprint density at radius 1 is 1.28 bits per heavy atom. The fraction of sp³-hybridized carbons (Fsp3) is 0.176. The van der Waals surface area contributed by atoms with Crippen molar-refractivity contribution in [3.63, 3.8) is 0 Å². The number of hydrogen-bond acceptors (Lipinski definition) is 4. The van der Waals surface area contributed by atoms with E-state index in [-0.39, 0.29) is 18.9 Å². The van der Waals surface area contributed by atoms with Gasteiger partial charge in [-0.25, -0.2) is 14.7 Å². The molecule has 2 aromatic rings. The average Bonchev–Trinajstić information content (AvgIpc) is 2.97. The van der Waals surface area contributed by atoms with Crippen molar-refractivity contribution in [2.24, 2.45) is 0 Å². The number of halogens is 1. The van der Waals surface area contributed by atoms with Gasteiger partial charge >= 0.3 is 6.03 Å². The zero-order valence-electron chi connectivity index (χ0n) is 13.1. The van der Waals surface area contributed by atoms with E-state index in [9.17, 15) is 14.0 Å². The summed E-state index contributed by atoms with van der Waals surface area (Å²) in [5, 5.41) is 11.1. The van der Waals surface area contributed by atoms with Gasteiger partial charge in [-0.3, -0.25) is 10.0 Å². The highest BCUT2D eigenvalue weighted by Crippen LogP contribution is 2.23. The predicted octanol–water partition coefficient (Wildman–Crippen LogP) is 2.02. The first-order chi connectivity index (χ1) is 12.0. The molecule has 1 aliphatic rings. The van der Waals surface area contributed by atoms with Gasteiger partial charge in [0.25, 0.3) is 5.91 Å². The predicted molar refractivity (Wildman–Crippen MR) is 85.6 cm³/mol. The minimum atomic E-state index is -0.795. The molecule has 130 valence electrons. The molecule has 1 heterocycles. The molecule has 0 unspecified atom stereocenters. The summed E-state index contributed by atoms with van der Waals surface area (Å²) in [6.07, 6.45) is 0. The summed E-state index contributed by atoms with van der Waals surface area (Å²) in [5.41, 5.74) is 2.33. The van der Waals surface area contributed by atoms with Crippen LogP contribution in [0.2, 0.25) is 0 Å². The number of amides is 3. The maximum absolute atomic E-state index is 12.9. The second kappa shape index (κ2) is 7.18. The summed E-state index contributed by atoms with van der Waals surface area (Å²) < 4.78 is 18.6. The molecule has 1 saturated heterocycles. The molecule has 1 aliphatic heterocycles. The molecule has 0 saturated carbocycles. The van der Waals surface area contributed by atoms with E-state index in [2.05, 4.69) is 5.32 Å². The summed E-state index contributed by atoms with van der Waals surface area (Å²) in [6.45, 7) is 0.427. The Kier molecular flexibility index (Phi) is 4.80. The van der Waals surface area contributed by atoms with E-state index in [4.69, 9.17) is 9.94 Å². The van der Waals surface area contributed by atoms with Gasteiger partial charge < -0.3 is 15.0 Å². The molecule has 8 heteroatoms. The number of benzene rings is 2. The maximum atomic E-state index is 12.9. The van der Waals surface area contributed by atoms with Crippen LogP contribution in [0.25, 0.3) is 0 Å². The third-order valence-electron chi connectivity index (χ3n) is 3.74. The standard InChI is InChI=1S/C17H16FN3O4/c18-12-4-6-13(7-5-12)25-14-3-1-2-11(8-14)9-21-10-15(16(22)20-24)19-17(21)23/h1-8,15,24H,9-10H2,(H,19,23)(H,20,22)/t15-/m1/s1. The van der Waals surface area contributed by atoms with Crippen molar-refractivity contribution in [2.45, 2.75) is 12.6 Å². The summed E-state index contributed by atoms with van der Waals surface area (Å²) in [6, 6.07) is 11.6. The molecule has 7 nitrogen and oxygen atoms in total. The molecule has 0 aromatic heterocycles. The van der Waals surface area contributed by atoms with Crippen LogP contribution in [0.3, 0.4) is 0 Å². The zero-order chi connectivity index (χ0) is 17.8. The summed E-state index contributed by atoms with van der Waals surface area (Å²) in [5.74, 6) is 0.0392. The van der Waals surface area contributed by atoms with Crippen LogP contribution in [0.1, 0.15) is 5.56 Å². The van der Waals surface area contributed by atoms with E-state index >= 15 is 0 Å². The van der Waals surface area contributed by atoms with Gasteiger partial charge in [0.2, 0.25) is 0 Å². The van der Waals surface area contributed by atoms with Gasteiger partial charge in [0, 0.05) is 6.54 Å². The largest absolute Gasteiger partial charge is 0.457 e. The fourth-order valence-electron chi connectivity index (χ4n) is 2.52. The summed E-state index contributed by atoms with van der Waals surface area (Å²) in [4.78, 5) is 24.7. The lowest BCUT2D eigenvalue weighted by Gasteiger charge is -2.15. The fourth-order valence-corrected chi connectivity index (χ4v) is 2.52. The van der Waals surface area contributed by atoms with Crippen LogP contribution in [0.5, 0.6) is 11.5 Å². The van der Waals surface area contributed by atoms with Crippen molar-refractivity contribution in [2.75, 3.05) is 6.54 Å². The minimum absolute atomic E-state index is 0.147. The molecule has 0 aliphatic carbocycles. The first kappa shape index (κ1) is 16.7. The van der Waals surface area contributed by atoms with Crippen LogP contribution in [0.4, 0.5) is 9.18 Å². The van der Waals surface area contributed by atoms with Crippen molar-refractivity contribution in [3.8, 4) is 11.5 Å². The van der Waals surface area contributed by atoms with Crippen LogP contribution in [0, 0.1) is 5.82 Å². The van der Waals surface area contributed by atoms with E-state index in [1.54, 1.807) is 18.2 Å². The van der Waals surface area contributed by atoms with E-state index in [0.717, 1.165) is 5.56 Å². The molecule has 3 rings (SSSR count). The lowest BCUT2D eigenvalue weighted by atomic mass is 10.2. The topological polar surface area (TPSA) is 90.9 Å². The normalized spacial score (nSPS) is 16.5. The van der Waals surface area contributed by atoms with Crippen LogP contribution in [0.15, 0.2) is 48.5 Å². The van der Waals surface area contributed by atoms with E-state index in [1.807, 2.05) is 6.07 Å². The molecular formula is C17H16FN3O4. The number of hydrogen-bond donors (Lipinski definition) is 3. The van der Waals surface area contributed by atoms with Gasteiger partial charge in [0.1, 0.15) is 23.4 Å². The lowest BCUT2D eigenvalue weighted by molar-refractivity contribution is -0.130. The van der Waals surface area contributed by atoms with Gasteiger partial charge in [-0.15, -0.1) is 0 Å². The molecule has 1 atom stereocenters. The van der Waals surface area contributed by atoms with Crippen LogP contribution in [-0.2, 0) is 11.3 Å². The molecule has 0 radical (unpaired) electrons. The molecule has 0 bridgehead atoms. The number of nitrogens with zero attached hydrogens (tertiary/aromatic N) is 1. The third kappa shape index (κ3) is 4.04. The lowest BCUT2D eigenvalue weighted by Crippen LogP contribution is -2.41. The van der Waals surface area contributed by atoms with Gasteiger partial charge in [0.05, 0.1) is 6.54 Å². The number of carbonyl (C=O) groups excluding carboxylic acids is 2. The van der Waals surface area contributed by atoms with Crippen LogP contribution < -0.4 is 15.5 Å². The number of hydroxylamine groups is 1. The highest BCUT2D eigenvalue weighted by atomic mass is 19.1. The van der Waals surface area contributed by atoms with Gasteiger partial charge in [-0.05, 0) is 42.0 Å². The number of nitrogens with one attached hydrogen (secondary N) is 2. The molecule has 0 spiro atoms. The Balaban J connectivity index is 1.66. The maximum Gasteiger partial charge on any atom is 0.318 e. The van der Waals surface area contributed by atoms with Crippen LogP contribution >= 0.6 is 0 Å². The third-order valence-corrected chi connectivity index (χ3v) is 3.74. The minimum Gasteiger partial charge on any atom is -0.457 e. The molecule has 1 fully saturated rings. The van der Waals surface area contributed by atoms with E-state index in [0.29, 0.717) is 11.5 Å². The number of carbonyl (C=O) groups is 2. The van der Waals surface area contributed by atoms with Crippen molar-refractivity contribution >= 4 is 11.9 Å². The second-order valence-corrected chi connectivity index (χ2v) is 5.56. The highest BCUT2D eigenvalue weighted by Gasteiger charge is 2.33. The Morgan fingerprint density at radius 3 is 2.76 bits per heavy atom. The van der Waals surface area contributed by atoms with Crippen molar-refractivity contribution in [1.82, 2.24) is 15.7 Å². The van der Waals surface area contributed by atoms with Crippen molar-refractivity contribution in [1.29, 1.82) is 0 Å². The van der Waals surface area contributed by atoms with Gasteiger partial charge in [-0.1, -0.05) is 12.1 Å². The Bertz CT molecular complexity index is 782. The number of rotatable bonds is 5. The zero-order valence-corrected chi connectivity index (χ0v) is 13.1. The van der Waals surface area contributed by atoms with Gasteiger partial charge in [-0.2, -0.15) is 0 Å². The second-order valence-electron chi connectivity index (χ2n) is 5.56. The Morgan fingerprint density at radius 2 is 2.04 bits per heavy atom. The van der Waals surface area contributed by atoms with Gasteiger partial charge in [0.15, 0.2) is 0 Å². The molecule has 25 heavy (non-hydrogen) atoms. The molecule has 2 aromatic carbocycles. The van der Waals surface area contributed by atoms with E-state index < -0.39 is 18.0 Å². The summed E-state index contributed by atoms with van der Waals surface area (Å²) in [7, 11) is 0. The smallest absolute Gasteiger partial charge is 0.318 e. The highest BCUT2D eigenvalue weighted by molar-refractivity contribution is 5.89. The monoisotopic (exact) mass is 345 g/mol. The molecule has 3 N–H and O–H groups in total. The Hall–Kier alpha value is -3.13. The number of ether oxygens (including phenoxy) is 1. The quantitative estimate of drug-likeness (QED) is 0.571. The van der Waals surface area contributed by atoms with Crippen molar-refractivity contribution < 1.29 is 23.9 Å². The molecule has 3 amide bonds. The first-order valence-electron chi connectivity index (χ1n) is 7.57. The molecular weight excluding hydrogens is 329 g/mol. The first-order valence-corrected chi connectivity index (χ1v) is 7.57. The summed E-state index contributed by atoms with van der Waals surface area (Å²) >= 11 is 0. The van der Waals surface area contributed by atoms with Crippen molar-refractivity contribution in [3.05, 3.63) is 59.9 Å². The van der Waals surface area contributed by atoms with Crippen LogP contribution in [-0.4, -0.2) is 34.6 Å². The number of urea groups is 1. The SMILES string of the molecule is O=C(NO)[C@H]1CN(Cc2cccc(Oc3ccc(F)cc3)c2)C(=O)N1. The average molecular weight is 345 g/mol. The Labute approximate surface area is 143 Å². The van der Waals surface area contributed by atoms with E-state index in [1.165, 1.54) is 34.6 Å².